The zero-order valence-corrected chi connectivity index (χ0v) is 43.3. The highest BCUT2D eigenvalue weighted by Gasteiger charge is 2.52. The van der Waals surface area contributed by atoms with Crippen molar-refractivity contribution < 1.29 is 41.5 Å². The minimum Gasteiger partial charge on any atom is -0.350 e. The second kappa shape index (κ2) is 21.2. The highest BCUT2D eigenvalue weighted by Crippen LogP contribution is 2.42. The van der Waals surface area contributed by atoms with Gasteiger partial charge in [-0.1, -0.05) is 69.3 Å². The van der Waals surface area contributed by atoms with E-state index in [-0.39, 0.29) is 23.3 Å². The molecular formula is C55H51F4N9O5S2. The molecule has 20 heteroatoms. The van der Waals surface area contributed by atoms with Crippen LogP contribution in [-0.4, -0.2) is 73.7 Å². The molecule has 4 heterocycles. The monoisotopic (exact) mass is 1060 g/mol. The molecule has 2 aliphatic rings. The minimum atomic E-state index is -5.21. The number of pyridine rings is 1. The van der Waals surface area contributed by atoms with Crippen molar-refractivity contribution in [2.24, 2.45) is 5.41 Å². The summed E-state index contributed by atoms with van der Waals surface area (Å²) in [7, 11) is 0. The van der Waals surface area contributed by atoms with E-state index in [4.69, 9.17) is 12.2 Å². The van der Waals surface area contributed by atoms with Crippen LogP contribution >= 0.6 is 23.6 Å². The van der Waals surface area contributed by atoms with Gasteiger partial charge in [0.1, 0.15) is 23.2 Å². The Kier molecular flexibility index (Phi) is 15.1. The van der Waals surface area contributed by atoms with Gasteiger partial charge in [-0.25, -0.2) is 9.37 Å². The number of benzene rings is 4. The van der Waals surface area contributed by atoms with Gasteiger partial charge >= 0.3 is 6.18 Å². The average molecular weight is 1060 g/mol. The van der Waals surface area contributed by atoms with Crippen LogP contribution < -0.4 is 25.8 Å². The molecule has 14 nitrogen and oxygen atoms in total. The van der Waals surface area contributed by atoms with Crippen molar-refractivity contribution in [2.75, 3.05) is 21.7 Å². The molecule has 2 aliphatic heterocycles. The van der Waals surface area contributed by atoms with Crippen molar-refractivity contribution in [1.82, 2.24) is 25.5 Å². The number of thiocarbonyl (C=S) groups is 1. The highest BCUT2D eigenvalue weighted by molar-refractivity contribution is 7.81. The van der Waals surface area contributed by atoms with E-state index in [0.29, 0.717) is 64.6 Å². The zero-order chi connectivity index (χ0) is 54.1. The number of aromatic nitrogens is 2. The number of hydrogen-bond donors (Lipinski definition) is 3. The summed E-state index contributed by atoms with van der Waals surface area (Å²) in [5.41, 5.74) is 1.99. The van der Waals surface area contributed by atoms with Crippen LogP contribution in [0.15, 0.2) is 109 Å². The largest absolute Gasteiger partial charge is 0.420 e. The number of carbonyl (C=O) groups excluding carboxylic acids is 5. The third kappa shape index (κ3) is 11.1. The number of rotatable bonds is 13. The van der Waals surface area contributed by atoms with Gasteiger partial charge in [0.2, 0.25) is 17.7 Å². The predicted octanol–water partition coefficient (Wildman–Crippen LogP) is 9.76. The molecule has 386 valence electrons. The quantitative estimate of drug-likeness (QED) is 0.0745. The fourth-order valence-electron chi connectivity index (χ4n) is 9.11. The number of hydrogen-bond acceptors (Lipinski definition) is 10. The van der Waals surface area contributed by atoms with Gasteiger partial charge in [-0.3, -0.25) is 33.9 Å². The molecule has 2 aromatic heterocycles. The molecule has 2 fully saturated rings. The molecule has 8 rings (SSSR count). The molecule has 4 aromatic carbocycles. The first-order chi connectivity index (χ1) is 35.5. The molecule has 0 saturated carbocycles. The third-order valence-corrected chi connectivity index (χ3v) is 14.5. The fourth-order valence-corrected chi connectivity index (χ4v) is 10.4. The van der Waals surface area contributed by atoms with Gasteiger partial charge in [-0.15, -0.1) is 11.3 Å². The number of halogens is 4. The van der Waals surface area contributed by atoms with Crippen LogP contribution in [0.25, 0.3) is 21.7 Å². The van der Waals surface area contributed by atoms with Crippen molar-refractivity contribution >= 4 is 75.3 Å². The zero-order valence-electron chi connectivity index (χ0n) is 41.6. The van der Waals surface area contributed by atoms with Gasteiger partial charge < -0.3 is 25.8 Å². The summed E-state index contributed by atoms with van der Waals surface area (Å²) in [6.07, 6.45) is -2.70. The number of nitrogens with one attached hydrogen (secondary N) is 3. The van der Waals surface area contributed by atoms with Crippen LogP contribution in [0.5, 0.6) is 0 Å². The van der Waals surface area contributed by atoms with E-state index in [2.05, 4.69) is 25.9 Å². The van der Waals surface area contributed by atoms with Gasteiger partial charge in [0.05, 0.1) is 57.4 Å². The van der Waals surface area contributed by atoms with Crippen LogP contribution in [0.4, 0.5) is 34.6 Å². The van der Waals surface area contributed by atoms with E-state index in [0.717, 1.165) is 33.8 Å². The number of thiazole rings is 1. The summed E-state index contributed by atoms with van der Waals surface area (Å²) in [6.45, 7) is 11.2. The Morgan fingerprint density at radius 2 is 1.57 bits per heavy atom. The summed E-state index contributed by atoms with van der Waals surface area (Å²) in [4.78, 5) is 81.6. The number of carbonyl (C=O) groups is 5. The Hall–Kier alpha value is -7.89. The van der Waals surface area contributed by atoms with Gasteiger partial charge in [-0.2, -0.15) is 18.4 Å². The lowest BCUT2D eigenvalue weighted by Gasteiger charge is -2.35. The van der Waals surface area contributed by atoms with Crippen molar-refractivity contribution in [1.29, 1.82) is 5.26 Å². The van der Waals surface area contributed by atoms with E-state index in [1.807, 2.05) is 57.5 Å². The summed E-state index contributed by atoms with van der Waals surface area (Å²) in [5, 5.41) is 17.7. The standard InChI is InChI=1S/C55H51F4N9O5S2/c1-31-46(75-30-63-31)35-13-11-33(12-14-35)28-62-49(71)42-8-7-25-66(42)50(72)47(53(2,3)4)65-43(69)26-32-9-15-36(16-10-32)48(70)64-38-20-17-34(18-21-38)40-23-22-39(29-61-40)68-52(74)67(51(73)54(68,5)6)41-24-19-37(27-60)44(45(41)56)55(57,58)59/h9-24,29-30,42,47H,7-8,25-26,28H2,1-6H3,(H,62,71)(H,64,70)(H,65,69)/t42-,47?/m0/s1. The van der Waals surface area contributed by atoms with Crippen molar-refractivity contribution in [2.45, 2.75) is 91.1 Å². The first-order valence-corrected chi connectivity index (χ1v) is 25.1. The SMILES string of the molecule is Cc1ncsc1-c1ccc(CNC(=O)[C@@H]2CCCN2C(=O)C(NC(=O)Cc2ccc(C(=O)Nc3ccc(-c4ccc(N5C(=S)N(c6ccc(C#N)c(C(F)(F)F)c6F)C(=O)C5(C)C)cn4)cc3)cc2)C(C)(C)C)cc1. The maximum Gasteiger partial charge on any atom is 0.420 e. The average Bonchev–Trinajstić information content (AvgIpc) is 4.10. The summed E-state index contributed by atoms with van der Waals surface area (Å²) < 4.78 is 56.9. The number of likely N-dealkylation sites (tertiary alicyclic amines) is 1. The van der Waals surface area contributed by atoms with Crippen LogP contribution in [0.1, 0.15) is 85.8 Å². The Morgan fingerprint density at radius 1 is 0.907 bits per heavy atom. The fraction of sp³-hybridized carbons (Fsp3) is 0.291. The predicted molar refractivity (Wildman–Crippen MR) is 281 cm³/mol. The number of anilines is 3. The molecule has 1 unspecified atom stereocenters. The Morgan fingerprint density at radius 3 is 2.17 bits per heavy atom. The number of nitrogens with zero attached hydrogens (tertiary/aromatic N) is 6. The molecule has 0 spiro atoms. The molecule has 75 heavy (non-hydrogen) atoms. The van der Waals surface area contributed by atoms with Gasteiger partial charge in [0.25, 0.3) is 11.8 Å². The smallest absolute Gasteiger partial charge is 0.350 e. The third-order valence-electron chi connectivity index (χ3n) is 13.1. The van der Waals surface area contributed by atoms with Crippen LogP contribution in [0.3, 0.4) is 0 Å². The Bertz CT molecular complexity index is 3240. The number of aryl methyl sites for hydroxylation is 1. The number of nitriles is 1. The molecule has 5 amide bonds. The minimum absolute atomic E-state index is 0.0622. The van der Waals surface area contributed by atoms with E-state index in [1.54, 1.807) is 76.9 Å². The second-order valence-electron chi connectivity index (χ2n) is 19.8. The normalized spacial score (nSPS) is 15.9. The second-order valence-corrected chi connectivity index (χ2v) is 21.0. The van der Waals surface area contributed by atoms with Crippen LogP contribution in [0, 0.1) is 29.5 Å². The van der Waals surface area contributed by atoms with Crippen molar-refractivity contribution in [3.63, 3.8) is 0 Å². The maximum absolute atomic E-state index is 15.5. The van der Waals surface area contributed by atoms with Gasteiger partial charge in [-0.05, 0) is 116 Å². The highest BCUT2D eigenvalue weighted by atomic mass is 32.1. The maximum atomic E-state index is 15.5. The van der Waals surface area contributed by atoms with Crippen molar-refractivity contribution in [3.8, 4) is 27.8 Å². The lowest BCUT2D eigenvalue weighted by molar-refractivity contribution is -0.143. The molecule has 2 saturated heterocycles. The molecule has 0 bridgehead atoms. The molecule has 2 atom stereocenters. The molecule has 6 aromatic rings. The van der Waals surface area contributed by atoms with Crippen LogP contribution in [0.2, 0.25) is 0 Å². The first-order valence-electron chi connectivity index (χ1n) is 23.8. The van der Waals surface area contributed by atoms with Gasteiger partial charge in [0.15, 0.2) is 10.9 Å². The molecule has 3 N–H and O–H groups in total. The summed E-state index contributed by atoms with van der Waals surface area (Å²) in [5.74, 6) is -3.98. The van der Waals surface area contributed by atoms with Gasteiger partial charge in [0, 0.05) is 29.9 Å². The molecule has 0 aliphatic carbocycles. The topological polar surface area (TPSA) is 181 Å². The lowest BCUT2D eigenvalue weighted by Crippen LogP contribution is -2.57. The number of alkyl halides is 3. The van der Waals surface area contributed by atoms with E-state index >= 15 is 4.39 Å². The van der Waals surface area contributed by atoms with E-state index in [9.17, 15) is 42.4 Å². The lowest BCUT2D eigenvalue weighted by atomic mass is 9.85. The summed E-state index contributed by atoms with van der Waals surface area (Å²) >= 11 is 7.11. The molecule has 0 radical (unpaired) electrons. The molecular weight excluding hydrogens is 1010 g/mol. The first kappa shape index (κ1) is 53.4. The van der Waals surface area contributed by atoms with E-state index in [1.165, 1.54) is 31.0 Å². The van der Waals surface area contributed by atoms with E-state index < -0.39 is 69.6 Å². The van der Waals surface area contributed by atoms with Crippen LogP contribution in [-0.2, 0) is 38.3 Å². The Labute approximate surface area is 439 Å². The summed E-state index contributed by atoms with van der Waals surface area (Å²) in [6, 6.07) is 25.9. The Balaban J connectivity index is 0.846. The van der Waals surface area contributed by atoms with Crippen molar-refractivity contribution in [3.05, 3.63) is 148 Å². The number of amides is 5.